The number of rotatable bonds is 3. The van der Waals surface area contributed by atoms with Gasteiger partial charge in [-0.1, -0.05) is 41.9 Å². The summed E-state index contributed by atoms with van der Waals surface area (Å²) in [6, 6.07) is 15.8. The standard InChI is InChI=1S/C16H16ClN3/c1-20-16-8-3-2-7-13(16)15(19-20)10-14(18)11-5-4-6-12(17)9-11/h2-9,14H,10,18H2,1H3. The lowest BCUT2D eigenvalue weighted by molar-refractivity contribution is 0.682. The molecule has 2 N–H and O–H groups in total. The molecule has 0 fully saturated rings. The van der Waals surface area contributed by atoms with Gasteiger partial charge < -0.3 is 5.73 Å². The van der Waals surface area contributed by atoms with E-state index in [9.17, 15) is 0 Å². The number of nitrogens with two attached hydrogens (primary N) is 1. The highest BCUT2D eigenvalue weighted by molar-refractivity contribution is 6.30. The third kappa shape index (κ3) is 2.42. The Balaban J connectivity index is 1.93. The van der Waals surface area contributed by atoms with E-state index in [2.05, 4.69) is 17.2 Å². The lowest BCUT2D eigenvalue weighted by Crippen LogP contribution is -2.13. The van der Waals surface area contributed by atoms with E-state index in [0.717, 1.165) is 22.2 Å². The number of para-hydroxylation sites is 1. The SMILES string of the molecule is Cn1nc(CC(N)c2cccc(Cl)c2)c2ccccc21. The van der Waals surface area contributed by atoms with Crippen molar-refractivity contribution in [3.05, 3.63) is 64.8 Å². The number of benzene rings is 2. The number of aryl methyl sites for hydroxylation is 1. The summed E-state index contributed by atoms with van der Waals surface area (Å²) in [6.07, 6.45) is 0.696. The van der Waals surface area contributed by atoms with Gasteiger partial charge in [0, 0.05) is 29.9 Å². The van der Waals surface area contributed by atoms with Crippen LogP contribution in [0.3, 0.4) is 0 Å². The maximum atomic E-state index is 6.29. The molecular formula is C16H16ClN3. The summed E-state index contributed by atoms with van der Waals surface area (Å²) in [6.45, 7) is 0. The maximum Gasteiger partial charge on any atom is 0.0722 e. The topological polar surface area (TPSA) is 43.8 Å². The number of nitrogens with zero attached hydrogens (tertiary/aromatic N) is 2. The average Bonchev–Trinajstić information content (AvgIpc) is 2.76. The van der Waals surface area contributed by atoms with Gasteiger partial charge in [-0.3, -0.25) is 4.68 Å². The van der Waals surface area contributed by atoms with Crippen molar-refractivity contribution < 1.29 is 0 Å². The lowest BCUT2D eigenvalue weighted by Gasteiger charge is -2.11. The molecule has 2 aromatic carbocycles. The van der Waals surface area contributed by atoms with Crippen molar-refractivity contribution in [2.75, 3.05) is 0 Å². The first kappa shape index (κ1) is 13.2. The van der Waals surface area contributed by atoms with Crippen molar-refractivity contribution in [3.8, 4) is 0 Å². The molecule has 1 atom stereocenters. The van der Waals surface area contributed by atoms with Crippen LogP contribution in [0.15, 0.2) is 48.5 Å². The molecule has 0 bridgehead atoms. The summed E-state index contributed by atoms with van der Waals surface area (Å²) in [5.41, 5.74) is 9.47. The number of aromatic nitrogens is 2. The molecule has 3 aromatic rings. The maximum absolute atomic E-state index is 6.29. The molecule has 0 aliphatic heterocycles. The van der Waals surface area contributed by atoms with Gasteiger partial charge in [0.15, 0.2) is 0 Å². The summed E-state index contributed by atoms with van der Waals surface area (Å²) < 4.78 is 1.90. The smallest absolute Gasteiger partial charge is 0.0722 e. The fourth-order valence-electron chi connectivity index (χ4n) is 2.50. The molecule has 0 radical (unpaired) electrons. The third-order valence-electron chi connectivity index (χ3n) is 3.52. The van der Waals surface area contributed by atoms with Gasteiger partial charge in [-0.05, 0) is 23.8 Å². The van der Waals surface area contributed by atoms with Gasteiger partial charge >= 0.3 is 0 Å². The van der Waals surface area contributed by atoms with Crippen LogP contribution < -0.4 is 5.73 Å². The summed E-state index contributed by atoms with van der Waals surface area (Å²) >= 11 is 6.02. The lowest BCUT2D eigenvalue weighted by atomic mass is 10.0. The predicted molar refractivity (Wildman–Crippen MR) is 82.8 cm³/mol. The average molecular weight is 286 g/mol. The van der Waals surface area contributed by atoms with Gasteiger partial charge in [0.25, 0.3) is 0 Å². The second-order valence-electron chi connectivity index (χ2n) is 4.95. The fraction of sp³-hybridized carbons (Fsp3) is 0.188. The molecule has 0 amide bonds. The van der Waals surface area contributed by atoms with Crippen molar-refractivity contribution in [1.82, 2.24) is 9.78 Å². The first-order chi connectivity index (χ1) is 9.65. The molecule has 20 heavy (non-hydrogen) atoms. The highest BCUT2D eigenvalue weighted by Crippen LogP contribution is 2.23. The summed E-state index contributed by atoms with van der Waals surface area (Å²) in [7, 11) is 1.96. The van der Waals surface area contributed by atoms with Crippen LogP contribution in [0.1, 0.15) is 17.3 Å². The molecule has 0 spiro atoms. The quantitative estimate of drug-likeness (QED) is 0.801. The van der Waals surface area contributed by atoms with Crippen molar-refractivity contribution in [2.24, 2.45) is 12.8 Å². The zero-order valence-electron chi connectivity index (χ0n) is 11.3. The van der Waals surface area contributed by atoms with E-state index in [1.54, 1.807) is 0 Å². The Morgan fingerprint density at radius 2 is 2.00 bits per heavy atom. The molecule has 3 rings (SSSR count). The van der Waals surface area contributed by atoms with Crippen LogP contribution >= 0.6 is 11.6 Å². The van der Waals surface area contributed by atoms with Gasteiger partial charge in [0.05, 0.1) is 11.2 Å². The van der Waals surface area contributed by atoms with Crippen molar-refractivity contribution in [1.29, 1.82) is 0 Å². The normalized spacial score (nSPS) is 12.8. The molecule has 0 aliphatic carbocycles. The molecule has 1 aromatic heterocycles. The molecule has 0 saturated carbocycles. The molecule has 4 heteroatoms. The molecule has 0 aliphatic rings. The third-order valence-corrected chi connectivity index (χ3v) is 3.76. The van der Waals surface area contributed by atoms with E-state index >= 15 is 0 Å². The van der Waals surface area contributed by atoms with Gasteiger partial charge in [0.1, 0.15) is 0 Å². The number of fused-ring (bicyclic) bond motifs is 1. The van der Waals surface area contributed by atoms with E-state index in [1.165, 1.54) is 0 Å². The Bertz CT molecular complexity index is 748. The van der Waals surface area contributed by atoms with E-state index in [0.29, 0.717) is 11.4 Å². The van der Waals surface area contributed by atoms with Gasteiger partial charge in [-0.25, -0.2) is 0 Å². The predicted octanol–water partition coefficient (Wildman–Crippen LogP) is 3.47. The van der Waals surface area contributed by atoms with Crippen LogP contribution in [0.2, 0.25) is 5.02 Å². The van der Waals surface area contributed by atoms with E-state index in [-0.39, 0.29) is 6.04 Å². The van der Waals surface area contributed by atoms with Crippen LogP contribution in [-0.2, 0) is 13.5 Å². The molecule has 3 nitrogen and oxygen atoms in total. The van der Waals surface area contributed by atoms with Crippen LogP contribution in [0.25, 0.3) is 10.9 Å². The zero-order valence-corrected chi connectivity index (χ0v) is 12.0. The Hall–Kier alpha value is -1.84. The van der Waals surface area contributed by atoms with Crippen LogP contribution in [0, 0.1) is 0 Å². The van der Waals surface area contributed by atoms with Gasteiger partial charge in [0.2, 0.25) is 0 Å². The second-order valence-corrected chi connectivity index (χ2v) is 5.39. The van der Waals surface area contributed by atoms with E-state index in [4.69, 9.17) is 17.3 Å². The Morgan fingerprint density at radius 1 is 1.20 bits per heavy atom. The summed E-state index contributed by atoms with van der Waals surface area (Å²) in [4.78, 5) is 0. The first-order valence-electron chi connectivity index (χ1n) is 6.57. The Kier molecular flexibility index (Phi) is 3.47. The fourth-order valence-corrected chi connectivity index (χ4v) is 2.70. The van der Waals surface area contributed by atoms with Crippen LogP contribution in [0.4, 0.5) is 0 Å². The number of hydrogen-bond donors (Lipinski definition) is 1. The highest BCUT2D eigenvalue weighted by Gasteiger charge is 2.13. The molecule has 1 unspecified atom stereocenters. The van der Waals surface area contributed by atoms with Crippen LogP contribution in [-0.4, -0.2) is 9.78 Å². The minimum Gasteiger partial charge on any atom is -0.324 e. The first-order valence-corrected chi connectivity index (χ1v) is 6.94. The van der Waals surface area contributed by atoms with Crippen LogP contribution in [0.5, 0.6) is 0 Å². The van der Waals surface area contributed by atoms with Crippen molar-refractivity contribution in [2.45, 2.75) is 12.5 Å². The Morgan fingerprint density at radius 3 is 2.80 bits per heavy atom. The monoisotopic (exact) mass is 285 g/mol. The van der Waals surface area contributed by atoms with Gasteiger partial charge in [-0.15, -0.1) is 0 Å². The molecular weight excluding hydrogens is 270 g/mol. The molecule has 1 heterocycles. The largest absolute Gasteiger partial charge is 0.324 e. The van der Waals surface area contributed by atoms with E-state index in [1.807, 2.05) is 48.1 Å². The number of hydrogen-bond acceptors (Lipinski definition) is 2. The summed E-state index contributed by atoms with van der Waals surface area (Å²) in [5, 5.41) is 6.45. The Labute approximate surface area is 123 Å². The van der Waals surface area contributed by atoms with Crippen molar-refractivity contribution in [3.63, 3.8) is 0 Å². The number of halogens is 1. The molecule has 102 valence electrons. The van der Waals surface area contributed by atoms with Crippen molar-refractivity contribution >= 4 is 22.5 Å². The minimum atomic E-state index is -0.105. The second kappa shape index (κ2) is 5.27. The van der Waals surface area contributed by atoms with E-state index < -0.39 is 0 Å². The molecule has 0 saturated heterocycles. The minimum absolute atomic E-state index is 0.105. The highest BCUT2D eigenvalue weighted by atomic mass is 35.5. The zero-order chi connectivity index (χ0) is 14.1. The van der Waals surface area contributed by atoms with Gasteiger partial charge in [-0.2, -0.15) is 5.10 Å². The summed E-state index contributed by atoms with van der Waals surface area (Å²) in [5.74, 6) is 0.